The first-order valence-corrected chi connectivity index (χ1v) is 6.52. The predicted molar refractivity (Wildman–Crippen MR) is 73.9 cm³/mol. The van der Waals surface area contributed by atoms with Crippen molar-refractivity contribution in [1.82, 2.24) is 9.88 Å². The monoisotopic (exact) mass is 278 g/mol. The van der Waals surface area contributed by atoms with E-state index >= 15 is 0 Å². The molecule has 7 heteroatoms. The second-order valence-corrected chi connectivity index (χ2v) is 4.93. The molecule has 1 atom stereocenters. The van der Waals surface area contributed by atoms with E-state index in [-0.39, 0.29) is 22.7 Å². The van der Waals surface area contributed by atoms with Crippen LogP contribution < -0.4 is 11.2 Å². The zero-order valence-corrected chi connectivity index (χ0v) is 11.3. The lowest BCUT2D eigenvalue weighted by Crippen LogP contribution is -2.51. The van der Waals surface area contributed by atoms with Crippen LogP contribution in [0.15, 0.2) is 22.2 Å². The summed E-state index contributed by atoms with van der Waals surface area (Å²) in [7, 11) is 0. The first kappa shape index (κ1) is 14.1. The molecule has 2 heterocycles. The molecule has 2 rings (SSSR count). The van der Waals surface area contributed by atoms with Crippen molar-refractivity contribution in [2.24, 2.45) is 10.9 Å². The summed E-state index contributed by atoms with van der Waals surface area (Å²) in [5.74, 6) is -0.385. The molecule has 1 unspecified atom stereocenters. The highest BCUT2D eigenvalue weighted by Gasteiger charge is 2.31. The van der Waals surface area contributed by atoms with Crippen LogP contribution in [-0.4, -0.2) is 39.4 Å². The van der Waals surface area contributed by atoms with E-state index in [1.165, 1.54) is 17.2 Å². The number of amidine groups is 1. The average Bonchev–Trinajstić information content (AvgIpc) is 2.46. The molecule has 1 saturated heterocycles. The highest BCUT2D eigenvalue weighted by molar-refractivity contribution is 5.98. The number of aromatic nitrogens is 1. The number of hydrogen-bond acceptors (Lipinski definition) is 4. The van der Waals surface area contributed by atoms with Gasteiger partial charge >= 0.3 is 0 Å². The number of piperidine rings is 1. The van der Waals surface area contributed by atoms with E-state index in [1.54, 1.807) is 6.92 Å². The molecule has 20 heavy (non-hydrogen) atoms. The van der Waals surface area contributed by atoms with Gasteiger partial charge in [0.25, 0.3) is 5.91 Å². The topological polar surface area (TPSA) is 112 Å². The first-order chi connectivity index (χ1) is 9.54. The highest BCUT2D eigenvalue weighted by atomic mass is 16.4. The van der Waals surface area contributed by atoms with Gasteiger partial charge in [0.1, 0.15) is 5.56 Å². The van der Waals surface area contributed by atoms with Crippen LogP contribution in [0.5, 0.6) is 0 Å². The number of H-pyrrole nitrogens is 1. The Morgan fingerprint density at radius 2 is 2.30 bits per heavy atom. The summed E-state index contributed by atoms with van der Waals surface area (Å²) < 4.78 is 0. The van der Waals surface area contributed by atoms with Gasteiger partial charge in [-0.15, -0.1) is 0 Å². The third kappa shape index (κ3) is 2.66. The molecular weight excluding hydrogens is 260 g/mol. The minimum Gasteiger partial charge on any atom is -0.409 e. The van der Waals surface area contributed by atoms with Crippen molar-refractivity contribution in [2.75, 3.05) is 6.54 Å². The highest BCUT2D eigenvalue weighted by Crippen LogP contribution is 2.19. The first-order valence-electron chi connectivity index (χ1n) is 6.52. The minimum absolute atomic E-state index is 0.00147. The van der Waals surface area contributed by atoms with Crippen molar-refractivity contribution in [3.63, 3.8) is 0 Å². The Balaban J connectivity index is 2.32. The van der Waals surface area contributed by atoms with Crippen LogP contribution >= 0.6 is 0 Å². The number of rotatable bonds is 2. The summed E-state index contributed by atoms with van der Waals surface area (Å²) in [5.41, 5.74) is 6.08. The van der Waals surface area contributed by atoms with Crippen molar-refractivity contribution >= 4 is 11.7 Å². The molecule has 1 aliphatic heterocycles. The molecule has 0 radical (unpaired) electrons. The van der Waals surface area contributed by atoms with Crippen LogP contribution in [0.2, 0.25) is 0 Å². The van der Waals surface area contributed by atoms with E-state index in [9.17, 15) is 9.59 Å². The van der Waals surface area contributed by atoms with Crippen LogP contribution in [0.3, 0.4) is 0 Å². The number of nitrogens with two attached hydrogens (primary N) is 1. The number of oxime groups is 1. The molecule has 1 aromatic rings. The molecule has 0 aromatic carbocycles. The zero-order valence-electron chi connectivity index (χ0n) is 11.3. The Bertz CT molecular complexity index is 594. The number of hydrogen-bond donors (Lipinski definition) is 3. The summed E-state index contributed by atoms with van der Waals surface area (Å²) in [6.07, 6.45) is 3.78. The number of pyridine rings is 1. The van der Waals surface area contributed by atoms with Gasteiger partial charge < -0.3 is 20.8 Å². The Hall–Kier alpha value is -2.31. The van der Waals surface area contributed by atoms with Crippen molar-refractivity contribution in [2.45, 2.75) is 32.2 Å². The summed E-state index contributed by atoms with van der Waals surface area (Å²) in [5, 5.41) is 11.8. The molecule has 1 aliphatic rings. The standard InChI is InChI=1S/C13H18N4O3/c1-8-6-11(18)9(7-15-8)13(19)17-5-3-2-4-10(17)12(14)16-20/h6-7,10,20H,2-5H2,1H3,(H2,14,16)(H,15,18). The lowest BCUT2D eigenvalue weighted by Gasteiger charge is -2.34. The molecule has 0 saturated carbocycles. The molecule has 1 fully saturated rings. The van der Waals surface area contributed by atoms with Crippen LogP contribution in [0.1, 0.15) is 35.3 Å². The van der Waals surface area contributed by atoms with E-state index in [2.05, 4.69) is 10.1 Å². The molecule has 0 aliphatic carbocycles. The van der Waals surface area contributed by atoms with Gasteiger partial charge in [-0.1, -0.05) is 5.16 Å². The Morgan fingerprint density at radius 3 is 2.95 bits per heavy atom. The van der Waals surface area contributed by atoms with E-state index < -0.39 is 6.04 Å². The average molecular weight is 278 g/mol. The smallest absolute Gasteiger partial charge is 0.259 e. The van der Waals surface area contributed by atoms with Gasteiger partial charge in [-0.2, -0.15) is 0 Å². The number of aryl methyl sites for hydroxylation is 1. The van der Waals surface area contributed by atoms with Gasteiger partial charge in [-0.05, 0) is 26.2 Å². The lowest BCUT2D eigenvalue weighted by atomic mass is 10.00. The van der Waals surface area contributed by atoms with Crippen molar-refractivity contribution in [3.05, 3.63) is 33.7 Å². The lowest BCUT2D eigenvalue weighted by molar-refractivity contribution is 0.0675. The van der Waals surface area contributed by atoms with Gasteiger partial charge in [-0.3, -0.25) is 9.59 Å². The molecule has 108 valence electrons. The Labute approximate surface area is 116 Å². The van der Waals surface area contributed by atoms with Gasteiger partial charge in [0, 0.05) is 24.5 Å². The number of nitrogens with zero attached hydrogens (tertiary/aromatic N) is 2. The van der Waals surface area contributed by atoms with E-state index in [4.69, 9.17) is 10.9 Å². The van der Waals surface area contributed by atoms with Crippen LogP contribution in [0.4, 0.5) is 0 Å². The van der Waals surface area contributed by atoms with E-state index in [0.29, 0.717) is 18.7 Å². The maximum Gasteiger partial charge on any atom is 0.259 e. The summed E-state index contributed by atoms with van der Waals surface area (Å²) >= 11 is 0. The van der Waals surface area contributed by atoms with Crippen molar-refractivity contribution in [3.8, 4) is 0 Å². The molecular formula is C13H18N4O3. The van der Waals surface area contributed by atoms with Crippen molar-refractivity contribution < 1.29 is 10.0 Å². The van der Waals surface area contributed by atoms with Gasteiger partial charge in [0.15, 0.2) is 11.3 Å². The SMILES string of the molecule is Cc1cc(=O)c(C(=O)N2CCCCC2C(N)=NO)c[nH]1. The Morgan fingerprint density at radius 1 is 1.55 bits per heavy atom. The molecule has 0 spiro atoms. The third-order valence-electron chi connectivity index (χ3n) is 3.51. The maximum absolute atomic E-state index is 12.5. The summed E-state index contributed by atoms with van der Waals surface area (Å²) in [4.78, 5) is 28.7. The third-order valence-corrected chi connectivity index (χ3v) is 3.51. The number of amides is 1. The van der Waals surface area contributed by atoms with Crippen LogP contribution in [-0.2, 0) is 0 Å². The quantitative estimate of drug-likeness (QED) is 0.315. The fourth-order valence-electron chi connectivity index (χ4n) is 2.44. The van der Waals surface area contributed by atoms with Gasteiger partial charge in [0.2, 0.25) is 0 Å². The molecule has 7 nitrogen and oxygen atoms in total. The van der Waals surface area contributed by atoms with Crippen molar-refractivity contribution in [1.29, 1.82) is 0 Å². The van der Waals surface area contributed by atoms with Crippen LogP contribution in [0.25, 0.3) is 0 Å². The van der Waals surface area contributed by atoms with Crippen LogP contribution in [0, 0.1) is 6.92 Å². The zero-order chi connectivity index (χ0) is 14.7. The van der Waals surface area contributed by atoms with E-state index in [1.807, 2.05) is 0 Å². The molecule has 0 bridgehead atoms. The maximum atomic E-state index is 12.5. The molecule has 4 N–H and O–H groups in total. The number of nitrogens with one attached hydrogen (secondary N) is 1. The number of carbonyl (C=O) groups excluding carboxylic acids is 1. The van der Waals surface area contributed by atoms with Gasteiger partial charge in [-0.25, -0.2) is 0 Å². The molecule has 1 aromatic heterocycles. The van der Waals surface area contributed by atoms with Gasteiger partial charge in [0.05, 0.1) is 6.04 Å². The number of aromatic amines is 1. The number of carbonyl (C=O) groups is 1. The fourth-order valence-corrected chi connectivity index (χ4v) is 2.44. The van der Waals surface area contributed by atoms with E-state index in [0.717, 1.165) is 12.8 Å². The number of likely N-dealkylation sites (tertiary alicyclic amines) is 1. The minimum atomic E-state index is -0.457. The molecule has 1 amide bonds. The summed E-state index contributed by atoms with van der Waals surface area (Å²) in [6.45, 7) is 2.24. The Kier molecular flexibility index (Phi) is 4.07. The summed E-state index contributed by atoms with van der Waals surface area (Å²) in [6, 6.07) is 0.928. The second kappa shape index (κ2) is 5.77. The largest absolute Gasteiger partial charge is 0.409 e. The fraction of sp³-hybridized carbons (Fsp3) is 0.462. The predicted octanol–water partition coefficient (Wildman–Crippen LogP) is 0.424. The normalized spacial score (nSPS) is 19.9. The second-order valence-electron chi connectivity index (χ2n) is 4.93.